The van der Waals surface area contributed by atoms with Crippen LogP contribution in [0.25, 0.3) is 0 Å². The summed E-state index contributed by atoms with van der Waals surface area (Å²) in [6.07, 6.45) is 2.19. The quantitative estimate of drug-likeness (QED) is 0.737. The van der Waals surface area contributed by atoms with Crippen molar-refractivity contribution in [3.05, 3.63) is 0 Å². The van der Waals surface area contributed by atoms with E-state index >= 15 is 0 Å². The number of nitrogens with two attached hydrogens (primary N) is 1. The highest BCUT2D eigenvalue weighted by Gasteiger charge is 2.36. The van der Waals surface area contributed by atoms with E-state index in [0.717, 1.165) is 12.8 Å². The van der Waals surface area contributed by atoms with Crippen molar-refractivity contribution in [2.45, 2.75) is 50.6 Å². The van der Waals surface area contributed by atoms with Crippen LogP contribution in [0, 0.1) is 0 Å². The van der Waals surface area contributed by atoms with Gasteiger partial charge in [-0.3, -0.25) is 0 Å². The van der Waals surface area contributed by atoms with Crippen LogP contribution >= 0.6 is 0 Å². The first-order chi connectivity index (χ1) is 5.91. The molecule has 0 aromatic carbocycles. The fourth-order valence-electron chi connectivity index (χ4n) is 1.77. The first kappa shape index (κ1) is 10.9. The third kappa shape index (κ3) is 2.93. The van der Waals surface area contributed by atoms with Crippen molar-refractivity contribution in [1.82, 2.24) is 0 Å². The Kier molecular flexibility index (Phi) is 3.32. The summed E-state index contributed by atoms with van der Waals surface area (Å²) >= 11 is 0. The molecule has 0 spiro atoms. The molecular weight excluding hydrogens is 190 g/mol. The lowest BCUT2D eigenvalue weighted by Crippen LogP contribution is -2.37. The Labute approximate surface area is 79.5 Å². The molecule has 4 nitrogen and oxygen atoms in total. The number of sulfonamides is 1. The second-order valence-corrected chi connectivity index (χ2v) is 5.57. The highest BCUT2D eigenvalue weighted by Crippen LogP contribution is 2.27. The second-order valence-electron chi connectivity index (χ2n) is 3.78. The first-order valence-electron chi connectivity index (χ1n) is 4.58. The molecule has 2 atom stereocenters. The first-order valence-corrected chi connectivity index (χ1v) is 6.19. The molecule has 0 aliphatic heterocycles. The summed E-state index contributed by atoms with van der Waals surface area (Å²) in [6.45, 7) is 3.80. The normalized spacial score (nSPS) is 29.8. The van der Waals surface area contributed by atoms with Gasteiger partial charge in [-0.25, -0.2) is 13.6 Å². The van der Waals surface area contributed by atoms with E-state index in [1.54, 1.807) is 0 Å². The van der Waals surface area contributed by atoms with Crippen molar-refractivity contribution in [3.63, 3.8) is 0 Å². The van der Waals surface area contributed by atoms with Crippen molar-refractivity contribution in [1.29, 1.82) is 0 Å². The highest BCUT2D eigenvalue weighted by atomic mass is 32.2. The van der Waals surface area contributed by atoms with Crippen LogP contribution in [-0.4, -0.2) is 25.9 Å². The molecule has 0 unspecified atom stereocenters. The molecule has 1 aliphatic carbocycles. The lowest BCUT2D eigenvalue weighted by Gasteiger charge is -2.20. The average molecular weight is 207 g/mol. The average Bonchev–Trinajstić information content (AvgIpc) is 2.31. The van der Waals surface area contributed by atoms with Gasteiger partial charge in [0.15, 0.2) is 0 Å². The zero-order valence-electron chi connectivity index (χ0n) is 8.06. The van der Waals surface area contributed by atoms with E-state index < -0.39 is 15.3 Å². The summed E-state index contributed by atoms with van der Waals surface area (Å²) in [5, 5.41) is 4.61. The number of ether oxygens (including phenoxy) is 1. The number of hydrogen-bond acceptors (Lipinski definition) is 3. The lowest BCUT2D eigenvalue weighted by molar-refractivity contribution is 0.0143. The van der Waals surface area contributed by atoms with Crippen LogP contribution in [0.2, 0.25) is 0 Å². The molecule has 1 rings (SSSR count). The maximum Gasteiger partial charge on any atom is 0.214 e. The summed E-state index contributed by atoms with van der Waals surface area (Å²) in [5.74, 6) is 0. The topological polar surface area (TPSA) is 69.4 Å². The lowest BCUT2D eigenvalue weighted by atomic mass is 10.3. The van der Waals surface area contributed by atoms with Crippen LogP contribution in [-0.2, 0) is 14.8 Å². The largest absolute Gasteiger partial charge is 0.374 e. The predicted molar refractivity (Wildman–Crippen MR) is 50.8 cm³/mol. The van der Waals surface area contributed by atoms with Crippen molar-refractivity contribution >= 4 is 10.0 Å². The van der Waals surface area contributed by atoms with Crippen LogP contribution in [0.4, 0.5) is 0 Å². The Morgan fingerprint density at radius 1 is 1.38 bits per heavy atom. The van der Waals surface area contributed by atoms with E-state index in [9.17, 15) is 8.42 Å². The molecule has 0 saturated heterocycles. The molecule has 5 heteroatoms. The fraction of sp³-hybridized carbons (Fsp3) is 1.00. The summed E-state index contributed by atoms with van der Waals surface area (Å²) < 4.78 is 27.7. The van der Waals surface area contributed by atoms with Gasteiger partial charge in [0.1, 0.15) is 5.25 Å². The SMILES string of the molecule is CC(C)O[C@@H]1CCC[C@@H]1S(N)(=O)=O. The molecule has 78 valence electrons. The molecule has 0 radical (unpaired) electrons. The zero-order chi connectivity index (χ0) is 10.1. The molecule has 13 heavy (non-hydrogen) atoms. The fourth-order valence-corrected chi connectivity index (χ4v) is 2.89. The van der Waals surface area contributed by atoms with E-state index in [1.165, 1.54) is 0 Å². The Morgan fingerprint density at radius 3 is 2.46 bits per heavy atom. The molecule has 1 aliphatic rings. The zero-order valence-corrected chi connectivity index (χ0v) is 8.88. The van der Waals surface area contributed by atoms with Crippen LogP contribution in [0.1, 0.15) is 33.1 Å². The van der Waals surface area contributed by atoms with Crippen molar-refractivity contribution in [3.8, 4) is 0 Å². The number of primary sulfonamides is 1. The summed E-state index contributed by atoms with van der Waals surface area (Å²) in [7, 11) is -3.42. The van der Waals surface area contributed by atoms with Crippen LogP contribution in [0.15, 0.2) is 0 Å². The third-order valence-corrected chi connectivity index (χ3v) is 3.64. The van der Waals surface area contributed by atoms with Gasteiger partial charge in [-0.15, -0.1) is 0 Å². The Morgan fingerprint density at radius 2 is 2.00 bits per heavy atom. The highest BCUT2D eigenvalue weighted by molar-refractivity contribution is 7.89. The molecule has 0 bridgehead atoms. The standard InChI is InChI=1S/C8H17NO3S/c1-6(2)12-7-4-3-5-8(7)13(9,10)11/h6-8H,3-5H2,1-2H3,(H2,9,10,11)/t7-,8+/m1/s1. The maximum atomic E-state index is 11.1. The van der Waals surface area contributed by atoms with Gasteiger partial charge in [0, 0.05) is 0 Å². The van der Waals surface area contributed by atoms with Gasteiger partial charge in [-0.2, -0.15) is 0 Å². The smallest absolute Gasteiger partial charge is 0.214 e. The molecule has 0 amide bonds. The van der Waals surface area contributed by atoms with Gasteiger partial charge >= 0.3 is 0 Å². The number of rotatable bonds is 3. The monoisotopic (exact) mass is 207 g/mol. The minimum absolute atomic E-state index is 0.0624. The molecule has 2 N–H and O–H groups in total. The van der Waals surface area contributed by atoms with Crippen molar-refractivity contribution in [2.75, 3.05) is 0 Å². The van der Waals surface area contributed by atoms with Gasteiger partial charge < -0.3 is 4.74 Å². The molecular formula is C8H17NO3S. The van der Waals surface area contributed by atoms with E-state index in [4.69, 9.17) is 9.88 Å². The maximum absolute atomic E-state index is 11.1. The number of hydrogen-bond donors (Lipinski definition) is 1. The van der Waals surface area contributed by atoms with Gasteiger partial charge in [0.25, 0.3) is 0 Å². The molecule has 1 saturated carbocycles. The Balaban J connectivity index is 2.65. The van der Waals surface area contributed by atoms with Crippen LogP contribution in [0.3, 0.4) is 0 Å². The summed E-state index contributed by atoms with van der Waals surface area (Å²) in [6, 6.07) is 0. The van der Waals surface area contributed by atoms with E-state index in [2.05, 4.69) is 0 Å². The van der Waals surface area contributed by atoms with Crippen LogP contribution < -0.4 is 5.14 Å². The third-order valence-electron chi connectivity index (χ3n) is 2.26. The Hall–Kier alpha value is -0.130. The minimum atomic E-state index is -3.42. The second kappa shape index (κ2) is 3.94. The van der Waals surface area contributed by atoms with Crippen molar-refractivity contribution < 1.29 is 13.2 Å². The summed E-state index contributed by atoms with van der Waals surface area (Å²) in [4.78, 5) is 0. The van der Waals surface area contributed by atoms with Crippen LogP contribution in [0.5, 0.6) is 0 Å². The summed E-state index contributed by atoms with van der Waals surface area (Å²) in [5.41, 5.74) is 0. The van der Waals surface area contributed by atoms with E-state index in [1.807, 2.05) is 13.8 Å². The predicted octanol–water partition coefficient (Wildman–Crippen LogP) is 0.621. The molecule has 1 fully saturated rings. The molecule has 0 aromatic heterocycles. The van der Waals surface area contributed by atoms with E-state index in [0.29, 0.717) is 6.42 Å². The molecule has 0 aromatic rings. The van der Waals surface area contributed by atoms with Gasteiger partial charge in [-0.05, 0) is 33.1 Å². The van der Waals surface area contributed by atoms with E-state index in [-0.39, 0.29) is 12.2 Å². The van der Waals surface area contributed by atoms with Gasteiger partial charge in [0.2, 0.25) is 10.0 Å². The Bertz CT molecular complexity index is 261. The molecule has 0 heterocycles. The van der Waals surface area contributed by atoms with Gasteiger partial charge in [-0.1, -0.05) is 0 Å². The van der Waals surface area contributed by atoms with Gasteiger partial charge in [0.05, 0.1) is 12.2 Å². The minimum Gasteiger partial charge on any atom is -0.374 e. The van der Waals surface area contributed by atoms with Crippen molar-refractivity contribution in [2.24, 2.45) is 5.14 Å².